The molecule has 0 unspecified atom stereocenters. The van der Waals surface area contributed by atoms with Crippen molar-refractivity contribution < 1.29 is 17.9 Å². The Morgan fingerprint density at radius 3 is 2.40 bits per heavy atom. The molecular weight excluding hydrogens is 333 g/mol. The minimum Gasteiger partial charge on any atom is -0.456 e. The van der Waals surface area contributed by atoms with Crippen molar-refractivity contribution in [2.75, 3.05) is 0 Å². The number of aryl methyl sites for hydroxylation is 1. The predicted molar refractivity (Wildman–Crippen MR) is 75.3 cm³/mol. The van der Waals surface area contributed by atoms with E-state index >= 15 is 0 Å². The molecule has 0 radical (unpaired) electrons. The molecule has 0 aliphatic rings. The Labute approximate surface area is 123 Å². The average molecular weight is 345 g/mol. The first kappa shape index (κ1) is 14.9. The SMILES string of the molecule is Cc1ccc(Oc2ccccc2C(F)(F)F)c(CBr)c1. The highest BCUT2D eigenvalue weighted by atomic mass is 79.9. The number of para-hydroxylation sites is 1. The first-order valence-electron chi connectivity index (χ1n) is 5.91. The molecule has 2 rings (SSSR count). The van der Waals surface area contributed by atoms with Gasteiger partial charge in [-0.3, -0.25) is 0 Å². The van der Waals surface area contributed by atoms with Gasteiger partial charge in [0.2, 0.25) is 0 Å². The molecule has 0 aromatic heterocycles. The molecule has 0 spiro atoms. The molecule has 1 nitrogen and oxygen atoms in total. The molecule has 2 aromatic carbocycles. The third-order valence-electron chi connectivity index (χ3n) is 2.77. The zero-order valence-corrected chi connectivity index (χ0v) is 12.3. The minimum absolute atomic E-state index is 0.189. The van der Waals surface area contributed by atoms with Crippen molar-refractivity contribution in [2.24, 2.45) is 0 Å². The van der Waals surface area contributed by atoms with Gasteiger partial charge in [-0.2, -0.15) is 13.2 Å². The van der Waals surface area contributed by atoms with Crippen LogP contribution in [0.25, 0.3) is 0 Å². The summed E-state index contributed by atoms with van der Waals surface area (Å²) in [5.41, 5.74) is 1.05. The Kier molecular flexibility index (Phi) is 4.38. The second-order valence-corrected chi connectivity index (χ2v) is 4.90. The molecule has 2 aromatic rings. The van der Waals surface area contributed by atoms with Crippen LogP contribution in [0.15, 0.2) is 42.5 Å². The second kappa shape index (κ2) is 5.87. The van der Waals surface area contributed by atoms with E-state index < -0.39 is 11.7 Å². The minimum atomic E-state index is -4.43. The molecule has 20 heavy (non-hydrogen) atoms. The highest BCUT2D eigenvalue weighted by Gasteiger charge is 2.34. The van der Waals surface area contributed by atoms with E-state index in [1.165, 1.54) is 18.2 Å². The molecule has 106 valence electrons. The number of alkyl halides is 4. The number of halogens is 4. The van der Waals surface area contributed by atoms with Gasteiger partial charge >= 0.3 is 6.18 Å². The van der Waals surface area contributed by atoms with Crippen molar-refractivity contribution in [1.29, 1.82) is 0 Å². The molecule has 0 saturated heterocycles. The molecule has 0 saturated carbocycles. The van der Waals surface area contributed by atoms with Crippen LogP contribution in [0.5, 0.6) is 11.5 Å². The lowest BCUT2D eigenvalue weighted by atomic mass is 10.1. The number of rotatable bonds is 3. The van der Waals surface area contributed by atoms with E-state index in [4.69, 9.17) is 4.74 Å². The normalized spacial score (nSPS) is 11.4. The van der Waals surface area contributed by atoms with Crippen LogP contribution < -0.4 is 4.74 Å². The molecule has 0 atom stereocenters. The van der Waals surface area contributed by atoms with Crippen LogP contribution in [0.1, 0.15) is 16.7 Å². The molecule has 0 aliphatic carbocycles. The van der Waals surface area contributed by atoms with Gasteiger partial charge in [-0.25, -0.2) is 0 Å². The van der Waals surface area contributed by atoms with Crippen LogP contribution >= 0.6 is 15.9 Å². The summed E-state index contributed by atoms with van der Waals surface area (Å²) < 4.78 is 44.2. The van der Waals surface area contributed by atoms with Gasteiger partial charge in [0.1, 0.15) is 11.5 Å². The fraction of sp³-hybridized carbons (Fsp3) is 0.200. The monoisotopic (exact) mass is 344 g/mol. The van der Waals surface area contributed by atoms with Crippen molar-refractivity contribution in [1.82, 2.24) is 0 Å². The lowest BCUT2D eigenvalue weighted by molar-refractivity contribution is -0.138. The summed E-state index contributed by atoms with van der Waals surface area (Å²) in [4.78, 5) is 0. The van der Waals surface area contributed by atoms with Crippen LogP contribution in [0, 0.1) is 6.92 Å². The van der Waals surface area contributed by atoms with Crippen LogP contribution in [-0.4, -0.2) is 0 Å². The molecule has 0 fully saturated rings. The third-order valence-corrected chi connectivity index (χ3v) is 3.38. The van der Waals surface area contributed by atoms with Crippen molar-refractivity contribution in [3.8, 4) is 11.5 Å². The van der Waals surface area contributed by atoms with Crippen molar-refractivity contribution in [3.63, 3.8) is 0 Å². The van der Waals surface area contributed by atoms with E-state index in [1.807, 2.05) is 13.0 Å². The van der Waals surface area contributed by atoms with Gasteiger partial charge in [0.05, 0.1) is 5.56 Å². The predicted octanol–water partition coefficient (Wildman–Crippen LogP) is 5.70. The first-order valence-corrected chi connectivity index (χ1v) is 7.03. The zero-order valence-electron chi connectivity index (χ0n) is 10.7. The fourth-order valence-electron chi connectivity index (χ4n) is 1.82. The Morgan fingerprint density at radius 1 is 1.05 bits per heavy atom. The molecule has 0 amide bonds. The summed E-state index contributed by atoms with van der Waals surface area (Å²) >= 11 is 3.31. The van der Waals surface area contributed by atoms with Crippen molar-refractivity contribution in [2.45, 2.75) is 18.4 Å². The van der Waals surface area contributed by atoms with Gasteiger partial charge in [-0.1, -0.05) is 45.8 Å². The van der Waals surface area contributed by atoms with Crippen LogP contribution in [0.2, 0.25) is 0 Å². The summed E-state index contributed by atoms with van der Waals surface area (Å²) in [6.45, 7) is 1.92. The summed E-state index contributed by atoms with van der Waals surface area (Å²) in [6, 6.07) is 10.6. The summed E-state index contributed by atoms with van der Waals surface area (Å²) in [5, 5.41) is 0.512. The van der Waals surface area contributed by atoms with Crippen LogP contribution in [0.4, 0.5) is 13.2 Å². The van der Waals surface area contributed by atoms with E-state index in [1.54, 1.807) is 12.1 Å². The standard InChI is InChI=1S/C15H12BrF3O/c1-10-6-7-13(11(8-10)9-16)20-14-5-3-2-4-12(14)15(17,18)19/h2-8H,9H2,1H3. The average Bonchev–Trinajstić information content (AvgIpc) is 2.40. The maximum Gasteiger partial charge on any atom is 0.419 e. The van der Waals surface area contributed by atoms with E-state index in [-0.39, 0.29) is 5.75 Å². The molecule has 0 heterocycles. The number of hydrogen-bond donors (Lipinski definition) is 0. The second-order valence-electron chi connectivity index (χ2n) is 4.34. The van der Waals surface area contributed by atoms with Gasteiger partial charge in [-0.15, -0.1) is 0 Å². The quantitative estimate of drug-likeness (QED) is 0.649. The maximum atomic E-state index is 12.9. The first-order chi connectivity index (χ1) is 9.41. The fourth-order valence-corrected chi connectivity index (χ4v) is 2.26. The highest BCUT2D eigenvalue weighted by molar-refractivity contribution is 9.08. The van der Waals surface area contributed by atoms with Gasteiger partial charge in [0, 0.05) is 10.9 Å². The topological polar surface area (TPSA) is 9.23 Å². The van der Waals surface area contributed by atoms with E-state index in [9.17, 15) is 13.2 Å². The summed E-state index contributed by atoms with van der Waals surface area (Å²) in [7, 11) is 0. The van der Waals surface area contributed by atoms with Gasteiger partial charge in [-0.05, 0) is 25.1 Å². The summed E-state index contributed by atoms with van der Waals surface area (Å²) in [5.74, 6) is 0.232. The Balaban J connectivity index is 2.41. The lowest BCUT2D eigenvalue weighted by Crippen LogP contribution is -2.07. The molecule has 5 heteroatoms. The molecule has 0 N–H and O–H groups in total. The summed E-state index contributed by atoms with van der Waals surface area (Å²) in [6.07, 6.45) is -4.43. The Hall–Kier alpha value is -1.49. The molecular formula is C15H12BrF3O. The van der Waals surface area contributed by atoms with Gasteiger partial charge < -0.3 is 4.74 Å². The van der Waals surface area contributed by atoms with E-state index in [0.29, 0.717) is 11.1 Å². The van der Waals surface area contributed by atoms with E-state index in [2.05, 4.69) is 15.9 Å². The number of ether oxygens (including phenoxy) is 1. The third kappa shape index (κ3) is 3.33. The van der Waals surface area contributed by atoms with Crippen molar-refractivity contribution >= 4 is 15.9 Å². The van der Waals surface area contributed by atoms with Crippen LogP contribution in [-0.2, 0) is 11.5 Å². The number of benzene rings is 2. The number of hydrogen-bond acceptors (Lipinski definition) is 1. The Bertz CT molecular complexity index is 608. The zero-order chi connectivity index (χ0) is 14.8. The smallest absolute Gasteiger partial charge is 0.419 e. The van der Waals surface area contributed by atoms with Gasteiger partial charge in [0.15, 0.2) is 0 Å². The van der Waals surface area contributed by atoms with Gasteiger partial charge in [0.25, 0.3) is 0 Å². The molecule has 0 aliphatic heterocycles. The van der Waals surface area contributed by atoms with E-state index in [0.717, 1.165) is 17.2 Å². The van der Waals surface area contributed by atoms with Crippen LogP contribution in [0.3, 0.4) is 0 Å². The lowest BCUT2D eigenvalue weighted by Gasteiger charge is -2.15. The maximum absolute atomic E-state index is 12.9. The Morgan fingerprint density at radius 2 is 1.75 bits per heavy atom. The molecule has 0 bridgehead atoms. The van der Waals surface area contributed by atoms with Crippen molar-refractivity contribution in [3.05, 3.63) is 59.2 Å². The largest absolute Gasteiger partial charge is 0.456 e. The highest BCUT2D eigenvalue weighted by Crippen LogP contribution is 2.38.